The number of amides is 1. The van der Waals surface area contributed by atoms with Crippen LogP contribution in [0.3, 0.4) is 0 Å². The molecule has 0 saturated carbocycles. The predicted molar refractivity (Wildman–Crippen MR) is 141 cm³/mol. The lowest BCUT2D eigenvalue weighted by Gasteiger charge is -2.28. The number of carbonyl (C=O) groups excluding carboxylic acids is 2. The van der Waals surface area contributed by atoms with Crippen LogP contribution in [0.1, 0.15) is 57.2 Å². The van der Waals surface area contributed by atoms with Crippen molar-refractivity contribution >= 4 is 17.4 Å². The fraction of sp³-hybridized carbons (Fsp3) is 0.448. The summed E-state index contributed by atoms with van der Waals surface area (Å²) in [5.41, 5.74) is 1.26. The van der Waals surface area contributed by atoms with Gasteiger partial charge in [-0.3, -0.25) is 9.59 Å². The first kappa shape index (κ1) is 27.3. The molecule has 1 amide bonds. The Balaban J connectivity index is 1.99. The number of likely N-dealkylation sites (N-methyl/N-ethyl adjacent to an activating group) is 1. The van der Waals surface area contributed by atoms with Crippen molar-refractivity contribution < 1.29 is 24.2 Å². The van der Waals surface area contributed by atoms with E-state index in [0.29, 0.717) is 31.0 Å². The quantitative estimate of drug-likeness (QED) is 0.182. The maximum absolute atomic E-state index is 13.2. The smallest absolute Gasteiger partial charge is 0.295 e. The van der Waals surface area contributed by atoms with Crippen molar-refractivity contribution in [3.63, 3.8) is 0 Å². The number of likely N-dealkylation sites (tertiary alicyclic amines) is 1. The van der Waals surface area contributed by atoms with E-state index in [1.54, 1.807) is 29.2 Å². The number of benzene rings is 2. The average Bonchev–Trinajstić information content (AvgIpc) is 3.16. The van der Waals surface area contributed by atoms with Gasteiger partial charge in [-0.25, -0.2) is 0 Å². The molecule has 7 nitrogen and oxygen atoms in total. The van der Waals surface area contributed by atoms with Crippen LogP contribution in [0.15, 0.2) is 54.1 Å². The highest BCUT2D eigenvalue weighted by atomic mass is 16.5. The van der Waals surface area contributed by atoms with Crippen LogP contribution in [0.2, 0.25) is 0 Å². The molecule has 1 unspecified atom stereocenters. The summed E-state index contributed by atoms with van der Waals surface area (Å²) in [5, 5.41) is 11.3. The third-order valence-electron chi connectivity index (χ3n) is 6.65. The Hall–Kier alpha value is -3.32. The number of rotatable bonds is 13. The molecule has 2 aromatic rings. The first-order chi connectivity index (χ1) is 17.4. The number of ketones is 1. The molecular weight excluding hydrogens is 456 g/mol. The summed E-state index contributed by atoms with van der Waals surface area (Å²) in [5.74, 6) is -0.197. The van der Waals surface area contributed by atoms with Gasteiger partial charge in [-0.2, -0.15) is 0 Å². The lowest BCUT2D eigenvalue weighted by molar-refractivity contribution is -0.140. The summed E-state index contributed by atoms with van der Waals surface area (Å²) in [7, 11) is 1.54. The van der Waals surface area contributed by atoms with Crippen LogP contribution in [0.5, 0.6) is 11.5 Å². The SMILES string of the molecule is CCCCCOc1ccc(C2/C(=C(\O)c3cccc(OC)c3)C(=O)C(=O)N2CCN(CC)CC)cc1. The third-order valence-corrected chi connectivity index (χ3v) is 6.65. The number of aliphatic hydroxyl groups is 1. The molecular formula is C29H38N2O5. The summed E-state index contributed by atoms with van der Waals surface area (Å²) in [6.45, 7) is 9.63. The minimum Gasteiger partial charge on any atom is -0.507 e. The van der Waals surface area contributed by atoms with Gasteiger partial charge in [0.15, 0.2) is 0 Å². The number of Topliss-reactive ketones (excluding diaryl/α,β-unsaturated/α-hetero) is 1. The van der Waals surface area contributed by atoms with E-state index in [2.05, 4.69) is 25.7 Å². The molecule has 1 aliphatic rings. The zero-order chi connectivity index (χ0) is 26.1. The highest BCUT2D eigenvalue weighted by molar-refractivity contribution is 6.46. The molecule has 0 bridgehead atoms. The third kappa shape index (κ3) is 6.26. The van der Waals surface area contributed by atoms with Gasteiger partial charge in [0.2, 0.25) is 0 Å². The minimum atomic E-state index is -0.694. The Labute approximate surface area is 214 Å². The van der Waals surface area contributed by atoms with Crippen LogP contribution in [-0.2, 0) is 9.59 Å². The standard InChI is InChI=1S/C29H38N2O5/c1-5-8-9-19-36-23-15-13-21(14-16-23)26-25(27(32)22-11-10-12-24(20-22)35-4)28(33)29(34)31(26)18-17-30(6-2)7-3/h10-16,20,26,32H,5-9,17-19H2,1-4H3/b27-25+. The monoisotopic (exact) mass is 494 g/mol. The average molecular weight is 495 g/mol. The fourth-order valence-electron chi connectivity index (χ4n) is 4.46. The van der Waals surface area contributed by atoms with Crippen LogP contribution < -0.4 is 9.47 Å². The van der Waals surface area contributed by atoms with Crippen LogP contribution in [0.25, 0.3) is 5.76 Å². The van der Waals surface area contributed by atoms with Crippen molar-refractivity contribution in [3.8, 4) is 11.5 Å². The Morgan fingerprint density at radius 3 is 2.36 bits per heavy atom. The van der Waals surface area contributed by atoms with Gasteiger partial charge in [0, 0.05) is 18.7 Å². The number of ether oxygens (including phenoxy) is 2. The van der Waals surface area contributed by atoms with Crippen molar-refractivity contribution in [2.75, 3.05) is 39.9 Å². The van der Waals surface area contributed by atoms with Crippen LogP contribution in [0, 0.1) is 0 Å². The van der Waals surface area contributed by atoms with E-state index in [-0.39, 0.29) is 11.3 Å². The highest BCUT2D eigenvalue weighted by Crippen LogP contribution is 2.40. The van der Waals surface area contributed by atoms with E-state index in [1.165, 1.54) is 7.11 Å². The summed E-state index contributed by atoms with van der Waals surface area (Å²) in [6.07, 6.45) is 3.23. The van der Waals surface area contributed by atoms with Gasteiger partial charge in [0.05, 0.1) is 25.3 Å². The molecule has 3 rings (SSSR count). The topological polar surface area (TPSA) is 79.3 Å². The molecule has 1 N–H and O–H groups in total. The number of hydrogen-bond donors (Lipinski definition) is 1. The second-order valence-corrected chi connectivity index (χ2v) is 8.88. The molecule has 0 aliphatic carbocycles. The van der Waals surface area contributed by atoms with Crippen molar-refractivity contribution in [3.05, 3.63) is 65.2 Å². The number of carbonyl (C=O) groups is 2. The van der Waals surface area contributed by atoms with Crippen LogP contribution in [-0.4, -0.2) is 66.5 Å². The summed E-state index contributed by atoms with van der Waals surface area (Å²) < 4.78 is 11.1. The molecule has 1 aliphatic heterocycles. The number of nitrogens with zero attached hydrogens (tertiary/aromatic N) is 2. The lowest BCUT2D eigenvalue weighted by Crippen LogP contribution is -2.38. The molecule has 1 saturated heterocycles. The van der Waals surface area contributed by atoms with E-state index < -0.39 is 17.7 Å². The van der Waals surface area contributed by atoms with E-state index >= 15 is 0 Å². The van der Waals surface area contributed by atoms with Crippen LogP contribution in [0.4, 0.5) is 0 Å². The van der Waals surface area contributed by atoms with Crippen molar-refractivity contribution in [2.24, 2.45) is 0 Å². The van der Waals surface area contributed by atoms with Gasteiger partial charge < -0.3 is 24.4 Å². The molecule has 1 atom stereocenters. The summed E-state index contributed by atoms with van der Waals surface area (Å²) in [6, 6.07) is 13.6. The number of methoxy groups -OCH3 is 1. The lowest BCUT2D eigenvalue weighted by atomic mass is 9.95. The van der Waals surface area contributed by atoms with Crippen molar-refractivity contribution in [1.82, 2.24) is 9.80 Å². The molecule has 2 aromatic carbocycles. The zero-order valence-electron chi connectivity index (χ0n) is 21.8. The molecule has 194 valence electrons. The molecule has 1 fully saturated rings. The number of unbranched alkanes of at least 4 members (excludes halogenated alkanes) is 2. The molecule has 7 heteroatoms. The zero-order valence-corrected chi connectivity index (χ0v) is 21.8. The maximum atomic E-state index is 13.2. The van der Waals surface area contributed by atoms with Crippen molar-refractivity contribution in [1.29, 1.82) is 0 Å². The second-order valence-electron chi connectivity index (χ2n) is 8.88. The molecule has 0 radical (unpaired) electrons. The normalized spacial score (nSPS) is 17.1. The van der Waals surface area contributed by atoms with Gasteiger partial charge in [0.1, 0.15) is 17.3 Å². The highest BCUT2D eigenvalue weighted by Gasteiger charge is 2.46. The molecule has 1 heterocycles. The molecule has 36 heavy (non-hydrogen) atoms. The predicted octanol–water partition coefficient (Wildman–Crippen LogP) is 5.03. The van der Waals surface area contributed by atoms with Gasteiger partial charge in [0.25, 0.3) is 11.7 Å². The summed E-state index contributed by atoms with van der Waals surface area (Å²) in [4.78, 5) is 30.2. The Morgan fingerprint density at radius 1 is 1.00 bits per heavy atom. The van der Waals surface area contributed by atoms with E-state index in [0.717, 1.165) is 43.7 Å². The first-order valence-electron chi connectivity index (χ1n) is 12.8. The van der Waals surface area contributed by atoms with Crippen LogP contribution >= 0.6 is 0 Å². The first-order valence-corrected chi connectivity index (χ1v) is 12.8. The maximum Gasteiger partial charge on any atom is 0.295 e. The van der Waals surface area contributed by atoms with E-state index in [9.17, 15) is 14.7 Å². The van der Waals surface area contributed by atoms with Gasteiger partial charge in [-0.1, -0.05) is 57.9 Å². The van der Waals surface area contributed by atoms with Gasteiger partial charge >= 0.3 is 0 Å². The summed E-state index contributed by atoms with van der Waals surface area (Å²) >= 11 is 0. The van der Waals surface area contributed by atoms with E-state index in [4.69, 9.17) is 9.47 Å². The Bertz CT molecular complexity index is 1060. The van der Waals surface area contributed by atoms with Gasteiger partial charge in [-0.15, -0.1) is 0 Å². The second kappa shape index (κ2) is 13.1. The Kier molecular flexibility index (Phi) is 9.94. The van der Waals surface area contributed by atoms with Crippen molar-refractivity contribution in [2.45, 2.75) is 46.1 Å². The van der Waals surface area contributed by atoms with E-state index in [1.807, 2.05) is 24.3 Å². The molecule has 0 spiro atoms. The number of aliphatic hydroxyl groups excluding tert-OH is 1. The molecule has 0 aromatic heterocycles. The number of hydrogen-bond acceptors (Lipinski definition) is 6. The largest absolute Gasteiger partial charge is 0.507 e. The Morgan fingerprint density at radius 2 is 1.72 bits per heavy atom. The minimum absolute atomic E-state index is 0.0874. The fourth-order valence-corrected chi connectivity index (χ4v) is 4.46. The van der Waals surface area contributed by atoms with Gasteiger partial charge in [-0.05, 0) is 49.3 Å².